The highest BCUT2D eigenvalue weighted by Gasteiger charge is 2.50. The van der Waals surface area contributed by atoms with Crippen LogP contribution in [0.2, 0.25) is 0 Å². The molecule has 1 aliphatic carbocycles. The van der Waals surface area contributed by atoms with Crippen LogP contribution in [0.15, 0.2) is 12.2 Å². The summed E-state index contributed by atoms with van der Waals surface area (Å²) in [6.45, 7) is 7.26. The Morgan fingerprint density at radius 2 is 1.94 bits per heavy atom. The SMILES string of the molecule is CC(C)C[C@@H]1CCC[C@H](C(=O)N[C@H]2[C@H]3O[C@H](SCCC/C=C/[C@H]2C)[C@H](O)[C@@H](O)[C@H]3O)[C@@H]2ONCC12. The molecule has 8 nitrogen and oxygen atoms in total. The van der Waals surface area contributed by atoms with Crippen molar-refractivity contribution in [2.45, 2.75) is 101 Å². The fourth-order valence-corrected chi connectivity index (χ4v) is 7.47. The molecule has 0 spiro atoms. The summed E-state index contributed by atoms with van der Waals surface area (Å²) in [6.07, 6.45) is 5.15. The van der Waals surface area contributed by atoms with Gasteiger partial charge in [0, 0.05) is 12.5 Å². The van der Waals surface area contributed by atoms with Crippen LogP contribution in [0.3, 0.4) is 0 Å². The molecule has 4 aliphatic rings. The molecular formula is C26H44N2O6S. The van der Waals surface area contributed by atoms with Crippen molar-refractivity contribution >= 4 is 17.7 Å². The monoisotopic (exact) mass is 512 g/mol. The predicted molar refractivity (Wildman–Crippen MR) is 135 cm³/mol. The Morgan fingerprint density at radius 3 is 2.71 bits per heavy atom. The topological polar surface area (TPSA) is 120 Å². The molecular weight excluding hydrogens is 468 g/mol. The minimum Gasteiger partial charge on any atom is -0.388 e. The Morgan fingerprint density at radius 1 is 1.14 bits per heavy atom. The van der Waals surface area contributed by atoms with E-state index in [2.05, 4.69) is 36.8 Å². The molecule has 0 aromatic heterocycles. The molecule has 0 radical (unpaired) electrons. The molecule has 3 heterocycles. The number of hydroxylamine groups is 1. The Bertz CT molecular complexity index is 739. The molecule has 0 aromatic rings. The maximum atomic E-state index is 13.8. The zero-order valence-electron chi connectivity index (χ0n) is 21.2. The number of carbonyl (C=O) groups is 1. The van der Waals surface area contributed by atoms with Crippen molar-refractivity contribution in [3.05, 3.63) is 12.2 Å². The first-order chi connectivity index (χ1) is 16.8. The number of amides is 1. The summed E-state index contributed by atoms with van der Waals surface area (Å²) in [6, 6.07) is -0.542. The van der Waals surface area contributed by atoms with Crippen LogP contribution in [0.25, 0.3) is 0 Å². The quantitative estimate of drug-likeness (QED) is 0.363. The summed E-state index contributed by atoms with van der Waals surface area (Å²) in [4.78, 5) is 19.7. The Kier molecular flexibility index (Phi) is 9.57. The Hall–Kier alpha value is -0.680. The second-order valence-corrected chi connectivity index (χ2v) is 12.5. The van der Waals surface area contributed by atoms with E-state index in [4.69, 9.17) is 9.57 Å². The second kappa shape index (κ2) is 12.2. The van der Waals surface area contributed by atoms with Gasteiger partial charge in [-0.1, -0.05) is 39.3 Å². The first-order valence-electron chi connectivity index (χ1n) is 13.4. The maximum Gasteiger partial charge on any atom is 0.226 e. The van der Waals surface area contributed by atoms with E-state index in [0.29, 0.717) is 17.8 Å². The van der Waals surface area contributed by atoms with Crippen molar-refractivity contribution in [3.63, 3.8) is 0 Å². The van der Waals surface area contributed by atoms with E-state index in [-0.39, 0.29) is 23.8 Å². The predicted octanol–water partition coefficient (Wildman–Crippen LogP) is 1.98. The molecule has 9 heteroatoms. The number of thioether (sulfide) groups is 1. The number of allylic oxidation sites excluding steroid dienone is 1. The molecule has 35 heavy (non-hydrogen) atoms. The van der Waals surface area contributed by atoms with Crippen molar-refractivity contribution in [2.24, 2.45) is 29.6 Å². The number of aliphatic hydroxyl groups excluding tert-OH is 3. The summed E-state index contributed by atoms with van der Waals surface area (Å²) >= 11 is 1.45. The number of rotatable bonds is 4. The van der Waals surface area contributed by atoms with E-state index < -0.39 is 35.9 Å². The maximum absolute atomic E-state index is 13.8. The number of ether oxygens (including phenoxy) is 1. The summed E-state index contributed by atoms with van der Waals surface area (Å²) in [5.74, 6) is 1.71. The minimum absolute atomic E-state index is 0.0883. The fraction of sp³-hybridized carbons (Fsp3) is 0.885. The molecule has 0 aromatic carbocycles. The Balaban J connectivity index is 1.54. The second-order valence-electron chi connectivity index (χ2n) is 11.3. The number of hydrogen-bond acceptors (Lipinski definition) is 8. The lowest BCUT2D eigenvalue weighted by Crippen LogP contribution is -2.64. The van der Waals surface area contributed by atoms with Gasteiger partial charge in [-0.15, -0.1) is 11.8 Å². The lowest BCUT2D eigenvalue weighted by atomic mass is 9.79. The summed E-state index contributed by atoms with van der Waals surface area (Å²) in [5.41, 5.74) is 2.42. The molecule has 1 unspecified atom stereocenters. The van der Waals surface area contributed by atoms with Crippen LogP contribution in [0, 0.1) is 29.6 Å². The Labute approximate surface area is 213 Å². The molecule has 1 saturated carbocycles. The van der Waals surface area contributed by atoms with Gasteiger partial charge in [0.05, 0.1) is 18.1 Å². The van der Waals surface area contributed by atoms with E-state index in [1.54, 1.807) is 0 Å². The van der Waals surface area contributed by atoms with Crippen molar-refractivity contribution in [1.29, 1.82) is 0 Å². The van der Waals surface area contributed by atoms with Gasteiger partial charge in [-0.05, 0) is 55.6 Å². The van der Waals surface area contributed by atoms with Crippen LogP contribution < -0.4 is 10.8 Å². The molecule has 5 N–H and O–H groups in total. The van der Waals surface area contributed by atoms with E-state index >= 15 is 0 Å². The van der Waals surface area contributed by atoms with E-state index in [9.17, 15) is 20.1 Å². The van der Waals surface area contributed by atoms with Gasteiger partial charge in [0.2, 0.25) is 5.91 Å². The fourth-order valence-electron chi connectivity index (χ4n) is 6.34. The molecule has 11 atom stereocenters. The third kappa shape index (κ3) is 6.25. The van der Waals surface area contributed by atoms with Gasteiger partial charge in [0.15, 0.2) is 0 Å². The normalized spacial score (nSPS) is 45.7. The van der Waals surface area contributed by atoms with Gasteiger partial charge in [0.1, 0.15) is 29.9 Å². The summed E-state index contributed by atoms with van der Waals surface area (Å²) in [7, 11) is 0. The van der Waals surface area contributed by atoms with Crippen molar-refractivity contribution in [3.8, 4) is 0 Å². The average Bonchev–Trinajstić information content (AvgIpc) is 3.22. The number of hydrogen-bond donors (Lipinski definition) is 5. The van der Waals surface area contributed by atoms with Crippen LogP contribution in [0.4, 0.5) is 0 Å². The highest BCUT2D eigenvalue weighted by atomic mass is 32.2. The standard InChI is InChI=1S/C26H44N2O6S/c1-14(2)12-16-9-7-10-17(23-18(16)13-27-34-23)25(32)28-19-15(3)8-5-4-6-11-35-26-22(31)20(29)21(30)24(19)33-26/h5,8,14-24,26-27,29-31H,4,6-7,9-13H2,1-3H3,(H,28,32)/b8-5+/t15-,16+,17+,18?,19-,20+,21-,22-,23+,24-,26-/m1/s1. The van der Waals surface area contributed by atoms with Gasteiger partial charge in [-0.3, -0.25) is 9.63 Å². The average molecular weight is 513 g/mol. The third-order valence-corrected chi connectivity index (χ3v) is 9.48. The number of fused-ring (bicyclic) bond motifs is 3. The highest BCUT2D eigenvalue weighted by molar-refractivity contribution is 7.99. The molecule has 4 rings (SSSR count). The van der Waals surface area contributed by atoms with E-state index in [1.807, 2.05) is 6.92 Å². The van der Waals surface area contributed by atoms with Crippen molar-refractivity contribution in [1.82, 2.24) is 10.8 Å². The third-order valence-electron chi connectivity index (χ3n) is 8.24. The zero-order chi connectivity index (χ0) is 25.1. The largest absolute Gasteiger partial charge is 0.388 e. The molecule has 1 amide bonds. The van der Waals surface area contributed by atoms with Crippen LogP contribution in [-0.4, -0.2) is 75.5 Å². The van der Waals surface area contributed by atoms with Crippen molar-refractivity contribution < 1.29 is 29.7 Å². The number of carbonyl (C=O) groups excluding carboxylic acids is 1. The van der Waals surface area contributed by atoms with Crippen molar-refractivity contribution in [2.75, 3.05) is 12.3 Å². The smallest absolute Gasteiger partial charge is 0.226 e. The minimum atomic E-state index is -1.33. The molecule has 200 valence electrons. The zero-order valence-corrected chi connectivity index (χ0v) is 22.0. The molecule has 3 fully saturated rings. The van der Waals surface area contributed by atoms with Crippen LogP contribution in [-0.2, 0) is 14.4 Å². The first-order valence-corrected chi connectivity index (χ1v) is 14.5. The lowest BCUT2D eigenvalue weighted by molar-refractivity contribution is -0.207. The lowest BCUT2D eigenvalue weighted by Gasteiger charge is -2.44. The summed E-state index contributed by atoms with van der Waals surface area (Å²) < 4.78 is 6.17. The van der Waals surface area contributed by atoms with Gasteiger partial charge in [0.25, 0.3) is 0 Å². The van der Waals surface area contributed by atoms with Crippen LogP contribution in [0.5, 0.6) is 0 Å². The van der Waals surface area contributed by atoms with Gasteiger partial charge in [-0.2, -0.15) is 0 Å². The van der Waals surface area contributed by atoms with Crippen LogP contribution >= 0.6 is 11.8 Å². The van der Waals surface area contributed by atoms with Gasteiger partial charge >= 0.3 is 0 Å². The number of aliphatic hydroxyl groups is 3. The van der Waals surface area contributed by atoms with Crippen LogP contribution in [0.1, 0.15) is 59.3 Å². The highest BCUT2D eigenvalue weighted by Crippen LogP contribution is 2.40. The molecule has 2 saturated heterocycles. The van der Waals surface area contributed by atoms with E-state index in [0.717, 1.165) is 50.8 Å². The van der Waals surface area contributed by atoms with E-state index in [1.165, 1.54) is 11.8 Å². The number of nitrogens with one attached hydrogen (secondary N) is 2. The molecule has 3 aliphatic heterocycles. The van der Waals surface area contributed by atoms with Gasteiger partial charge in [-0.25, -0.2) is 5.48 Å². The molecule has 2 bridgehead atoms. The first kappa shape index (κ1) is 27.4. The summed E-state index contributed by atoms with van der Waals surface area (Å²) in [5, 5.41) is 35.2. The van der Waals surface area contributed by atoms with Gasteiger partial charge < -0.3 is 25.4 Å².